The lowest BCUT2D eigenvalue weighted by atomic mass is 9.79. The van der Waals surface area contributed by atoms with E-state index in [9.17, 15) is 4.79 Å². The molecule has 0 aromatic carbocycles. The van der Waals surface area contributed by atoms with Crippen LogP contribution in [0.5, 0.6) is 0 Å². The Kier molecular flexibility index (Phi) is 4.62. The lowest BCUT2D eigenvalue weighted by Gasteiger charge is -2.32. The molecule has 1 amide bonds. The maximum atomic E-state index is 12.1. The monoisotopic (exact) mass is 254 g/mol. The number of rotatable bonds is 4. The zero-order valence-electron chi connectivity index (χ0n) is 11.4. The highest BCUT2D eigenvalue weighted by Gasteiger charge is 2.38. The summed E-state index contributed by atoms with van der Waals surface area (Å²) in [5.41, 5.74) is 5.22. The minimum absolute atomic E-state index is 0.0568. The fourth-order valence-corrected chi connectivity index (χ4v) is 3.23. The predicted octanol–water partition coefficient (Wildman–Crippen LogP) is 1.44. The van der Waals surface area contributed by atoms with Gasteiger partial charge < -0.3 is 15.8 Å². The molecule has 18 heavy (non-hydrogen) atoms. The lowest BCUT2D eigenvalue weighted by Crippen LogP contribution is -2.47. The molecule has 2 fully saturated rings. The van der Waals surface area contributed by atoms with Gasteiger partial charge in [0.1, 0.15) is 5.60 Å². The molecule has 1 aliphatic carbocycles. The molecule has 0 spiro atoms. The number of nitrogens with one attached hydrogen (secondary N) is 1. The van der Waals surface area contributed by atoms with Gasteiger partial charge in [0.15, 0.2) is 0 Å². The maximum absolute atomic E-state index is 12.1. The van der Waals surface area contributed by atoms with Crippen LogP contribution in [0.25, 0.3) is 0 Å². The summed E-state index contributed by atoms with van der Waals surface area (Å²) in [4.78, 5) is 12.1. The van der Waals surface area contributed by atoms with Crippen LogP contribution in [0.15, 0.2) is 0 Å². The van der Waals surface area contributed by atoms with E-state index in [2.05, 4.69) is 5.32 Å². The molecule has 104 valence electrons. The molecule has 1 saturated heterocycles. The van der Waals surface area contributed by atoms with Crippen molar-refractivity contribution in [1.82, 2.24) is 5.32 Å². The summed E-state index contributed by atoms with van der Waals surface area (Å²) in [6.45, 7) is 4.11. The number of ether oxygens (including phenoxy) is 1. The minimum Gasteiger partial charge on any atom is -0.365 e. The van der Waals surface area contributed by atoms with E-state index in [4.69, 9.17) is 10.5 Å². The Morgan fingerprint density at radius 2 is 2.06 bits per heavy atom. The van der Waals surface area contributed by atoms with E-state index in [0.717, 1.165) is 25.9 Å². The third-order valence-electron chi connectivity index (χ3n) is 4.59. The molecule has 4 nitrogen and oxygen atoms in total. The van der Waals surface area contributed by atoms with Gasteiger partial charge in [-0.25, -0.2) is 0 Å². The zero-order chi connectivity index (χ0) is 13.0. The summed E-state index contributed by atoms with van der Waals surface area (Å²) < 4.78 is 5.56. The Balaban J connectivity index is 1.81. The zero-order valence-corrected chi connectivity index (χ0v) is 11.4. The number of hydrogen-bond acceptors (Lipinski definition) is 3. The Morgan fingerprint density at radius 3 is 2.67 bits per heavy atom. The highest BCUT2D eigenvalue weighted by atomic mass is 16.5. The first-order valence-electron chi connectivity index (χ1n) is 7.28. The first-order chi connectivity index (χ1) is 8.65. The Morgan fingerprint density at radius 1 is 1.33 bits per heavy atom. The summed E-state index contributed by atoms with van der Waals surface area (Å²) in [5.74, 6) is 1.19. The highest BCUT2D eigenvalue weighted by molar-refractivity contribution is 5.84. The molecule has 1 saturated carbocycles. The Bertz CT molecular complexity index is 288. The van der Waals surface area contributed by atoms with Gasteiger partial charge in [-0.2, -0.15) is 0 Å². The fourth-order valence-electron chi connectivity index (χ4n) is 3.23. The Labute approximate surface area is 110 Å². The van der Waals surface area contributed by atoms with Crippen LogP contribution in [0, 0.1) is 11.8 Å². The van der Waals surface area contributed by atoms with Crippen LogP contribution in [0.3, 0.4) is 0 Å². The van der Waals surface area contributed by atoms with E-state index in [0.29, 0.717) is 18.4 Å². The normalized spacial score (nSPS) is 36.6. The van der Waals surface area contributed by atoms with Gasteiger partial charge in [0.2, 0.25) is 0 Å². The van der Waals surface area contributed by atoms with E-state index < -0.39 is 5.60 Å². The van der Waals surface area contributed by atoms with Crippen LogP contribution < -0.4 is 11.1 Å². The maximum Gasteiger partial charge on any atom is 0.251 e. The molecule has 1 heterocycles. The molecule has 0 aromatic heterocycles. The lowest BCUT2D eigenvalue weighted by molar-refractivity contribution is -0.139. The van der Waals surface area contributed by atoms with Gasteiger partial charge in [-0.1, -0.05) is 12.8 Å². The van der Waals surface area contributed by atoms with Gasteiger partial charge in [0.05, 0.1) is 0 Å². The molecule has 2 rings (SSSR count). The molecular formula is C14H26N2O2. The van der Waals surface area contributed by atoms with Gasteiger partial charge >= 0.3 is 0 Å². The molecule has 0 bridgehead atoms. The van der Waals surface area contributed by atoms with Crippen molar-refractivity contribution in [2.45, 2.75) is 51.0 Å². The molecule has 2 aliphatic rings. The van der Waals surface area contributed by atoms with Gasteiger partial charge in [-0.15, -0.1) is 0 Å². The highest BCUT2D eigenvalue weighted by Crippen LogP contribution is 2.29. The second-order valence-corrected chi connectivity index (χ2v) is 5.93. The minimum atomic E-state index is -0.590. The molecule has 1 aliphatic heterocycles. The van der Waals surface area contributed by atoms with E-state index in [1.54, 1.807) is 0 Å². The van der Waals surface area contributed by atoms with Crippen molar-refractivity contribution in [1.29, 1.82) is 0 Å². The van der Waals surface area contributed by atoms with Crippen molar-refractivity contribution in [3.63, 3.8) is 0 Å². The van der Waals surface area contributed by atoms with Gasteiger partial charge in [-0.3, -0.25) is 4.79 Å². The third-order valence-corrected chi connectivity index (χ3v) is 4.59. The summed E-state index contributed by atoms with van der Waals surface area (Å²) in [7, 11) is 0. The average molecular weight is 254 g/mol. The molecule has 3 N–H and O–H groups in total. The predicted molar refractivity (Wildman–Crippen MR) is 71.1 cm³/mol. The summed E-state index contributed by atoms with van der Waals surface area (Å²) in [6.07, 6.45) is 6.78. The van der Waals surface area contributed by atoms with Crippen molar-refractivity contribution in [2.24, 2.45) is 17.6 Å². The first-order valence-corrected chi connectivity index (χ1v) is 7.28. The SMILES string of the molecule is CC1(C(=O)NCC2CCCCC2CN)CCCO1. The average Bonchev–Trinajstić information content (AvgIpc) is 2.84. The molecule has 3 atom stereocenters. The quantitative estimate of drug-likeness (QED) is 0.798. The smallest absolute Gasteiger partial charge is 0.251 e. The van der Waals surface area contributed by atoms with Crippen LogP contribution in [-0.4, -0.2) is 31.2 Å². The molecule has 3 unspecified atom stereocenters. The Hall–Kier alpha value is -0.610. The van der Waals surface area contributed by atoms with E-state index >= 15 is 0 Å². The van der Waals surface area contributed by atoms with Crippen LogP contribution in [0.2, 0.25) is 0 Å². The van der Waals surface area contributed by atoms with Gasteiger partial charge in [0, 0.05) is 13.2 Å². The third kappa shape index (κ3) is 3.04. The van der Waals surface area contributed by atoms with Crippen LogP contribution in [-0.2, 0) is 9.53 Å². The van der Waals surface area contributed by atoms with Crippen molar-refractivity contribution >= 4 is 5.91 Å². The summed E-state index contributed by atoms with van der Waals surface area (Å²) >= 11 is 0. The van der Waals surface area contributed by atoms with Gasteiger partial charge in [-0.05, 0) is 51.0 Å². The second-order valence-electron chi connectivity index (χ2n) is 5.93. The van der Waals surface area contributed by atoms with Crippen molar-refractivity contribution < 1.29 is 9.53 Å². The summed E-state index contributed by atoms with van der Waals surface area (Å²) in [6, 6.07) is 0. The number of carbonyl (C=O) groups is 1. The van der Waals surface area contributed by atoms with E-state index in [1.807, 2.05) is 6.92 Å². The molecular weight excluding hydrogens is 228 g/mol. The molecule has 4 heteroatoms. The van der Waals surface area contributed by atoms with Crippen molar-refractivity contribution in [2.75, 3.05) is 19.7 Å². The fraction of sp³-hybridized carbons (Fsp3) is 0.929. The second kappa shape index (κ2) is 6.02. The number of nitrogens with two attached hydrogens (primary N) is 1. The number of amides is 1. The van der Waals surface area contributed by atoms with Crippen molar-refractivity contribution in [3.8, 4) is 0 Å². The standard InChI is InChI=1S/C14H26N2O2/c1-14(7-4-8-18-14)13(17)16-10-12-6-3-2-5-11(12)9-15/h11-12H,2-10,15H2,1H3,(H,16,17). The number of carbonyl (C=O) groups excluding carboxylic acids is 1. The topological polar surface area (TPSA) is 64.4 Å². The van der Waals surface area contributed by atoms with E-state index in [1.165, 1.54) is 25.7 Å². The van der Waals surface area contributed by atoms with Gasteiger partial charge in [0.25, 0.3) is 5.91 Å². The number of hydrogen-bond donors (Lipinski definition) is 2. The first kappa shape index (κ1) is 13.8. The van der Waals surface area contributed by atoms with Crippen LogP contribution in [0.1, 0.15) is 45.4 Å². The van der Waals surface area contributed by atoms with Crippen molar-refractivity contribution in [3.05, 3.63) is 0 Å². The molecule has 0 radical (unpaired) electrons. The van der Waals surface area contributed by atoms with E-state index in [-0.39, 0.29) is 5.91 Å². The largest absolute Gasteiger partial charge is 0.365 e. The molecule has 0 aromatic rings. The van der Waals surface area contributed by atoms with Crippen LogP contribution in [0.4, 0.5) is 0 Å². The summed E-state index contributed by atoms with van der Waals surface area (Å²) in [5, 5.41) is 3.08. The van der Waals surface area contributed by atoms with Crippen LogP contribution >= 0.6 is 0 Å².